The summed E-state index contributed by atoms with van der Waals surface area (Å²) < 4.78 is 6.95. The van der Waals surface area contributed by atoms with Crippen LogP contribution < -0.4 is 10.1 Å². The molecule has 0 aliphatic rings. The van der Waals surface area contributed by atoms with Gasteiger partial charge in [-0.2, -0.15) is 0 Å². The lowest BCUT2D eigenvalue weighted by atomic mass is 10.0. The summed E-state index contributed by atoms with van der Waals surface area (Å²) in [6.45, 7) is 2.77. The van der Waals surface area contributed by atoms with Crippen molar-refractivity contribution in [1.29, 1.82) is 0 Å². The molecular formula is C17H20BrNO. The van der Waals surface area contributed by atoms with Crippen LogP contribution in [0, 0.1) is 0 Å². The van der Waals surface area contributed by atoms with E-state index in [1.54, 1.807) is 0 Å². The Labute approximate surface area is 129 Å². The second-order valence-electron chi connectivity index (χ2n) is 4.74. The molecular weight excluding hydrogens is 314 g/mol. The van der Waals surface area contributed by atoms with Crippen LogP contribution in [0.4, 0.5) is 0 Å². The van der Waals surface area contributed by atoms with Crippen molar-refractivity contribution in [2.24, 2.45) is 0 Å². The molecule has 0 aliphatic heterocycles. The number of rotatable bonds is 6. The fourth-order valence-electron chi connectivity index (χ4n) is 2.17. The van der Waals surface area contributed by atoms with Gasteiger partial charge in [-0.3, -0.25) is 0 Å². The topological polar surface area (TPSA) is 21.3 Å². The van der Waals surface area contributed by atoms with Crippen LogP contribution in [0.2, 0.25) is 0 Å². The van der Waals surface area contributed by atoms with Crippen LogP contribution >= 0.6 is 15.9 Å². The second-order valence-corrected chi connectivity index (χ2v) is 5.65. The van der Waals surface area contributed by atoms with Crippen LogP contribution in [0.1, 0.15) is 30.5 Å². The van der Waals surface area contributed by atoms with Crippen molar-refractivity contribution in [1.82, 2.24) is 5.32 Å². The minimum atomic E-state index is 0.381. The van der Waals surface area contributed by atoms with E-state index in [-0.39, 0.29) is 0 Å². The smallest absolute Gasteiger partial charge is 0.120 e. The summed E-state index contributed by atoms with van der Waals surface area (Å²) in [5.41, 5.74) is 2.43. The molecule has 0 aromatic heterocycles. The minimum absolute atomic E-state index is 0.381. The first-order chi connectivity index (χ1) is 9.72. The Balaban J connectivity index is 2.02. The monoisotopic (exact) mass is 333 g/mol. The lowest BCUT2D eigenvalue weighted by Crippen LogP contribution is -2.15. The van der Waals surface area contributed by atoms with Gasteiger partial charge >= 0.3 is 0 Å². The van der Waals surface area contributed by atoms with E-state index in [0.29, 0.717) is 12.6 Å². The second kappa shape index (κ2) is 7.46. The molecule has 3 heteroatoms. The summed E-state index contributed by atoms with van der Waals surface area (Å²) in [5.74, 6) is 0.916. The van der Waals surface area contributed by atoms with Gasteiger partial charge in [0.05, 0.1) is 0 Å². The highest BCUT2D eigenvalue weighted by Crippen LogP contribution is 2.22. The quantitative estimate of drug-likeness (QED) is 0.827. The molecule has 0 saturated heterocycles. The van der Waals surface area contributed by atoms with Gasteiger partial charge in [0.2, 0.25) is 0 Å². The molecule has 0 saturated carbocycles. The molecule has 2 aromatic carbocycles. The average molecular weight is 334 g/mol. The van der Waals surface area contributed by atoms with Crippen molar-refractivity contribution in [3.05, 3.63) is 64.1 Å². The van der Waals surface area contributed by atoms with Crippen LogP contribution in [0.3, 0.4) is 0 Å². The van der Waals surface area contributed by atoms with E-state index in [4.69, 9.17) is 4.74 Å². The van der Waals surface area contributed by atoms with Gasteiger partial charge < -0.3 is 10.1 Å². The maximum atomic E-state index is 5.87. The van der Waals surface area contributed by atoms with E-state index in [1.165, 1.54) is 11.1 Å². The van der Waals surface area contributed by atoms with E-state index in [9.17, 15) is 0 Å². The first-order valence-corrected chi connectivity index (χ1v) is 7.66. The zero-order valence-electron chi connectivity index (χ0n) is 11.9. The van der Waals surface area contributed by atoms with Gasteiger partial charge in [0.15, 0.2) is 0 Å². The lowest BCUT2D eigenvalue weighted by Gasteiger charge is -2.15. The molecule has 106 valence electrons. The SMILES string of the molecule is CCC(NC)c1cccc(OCc2ccc(Br)cc2)c1. The van der Waals surface area contributed by atoms with Gasteiger partial charge in [0.25, 0.3) is 0 Å². The van der Waals surface area contributed by atoms with Crippen LogP contribution in [-0.2, 0) is 6.61 Å². The number of hydrogen-bond acceptors (Lipinski definition) is 2. The summed E-state index contributed by atoms with van der Waals surface area (Å²) in [7, 11) is 1.99. The molecule has 0 aliphatic carbocycles. The molecule has 0 amide bonds. The fourth-order valence-corrected chi connectivity index (χ4v) is 2.44. The number of nitrogens with one attached hydrogen (secondary N) is 1. The predicted molar refractivity (Wildman–Crippen MR) is 87.0 cm³/mol. The molecule has 0 heterocycles. The van der Waals surface area contributed by atoms with E-state index >= 15 is 0 Å². The molecule has 1 unspecified atom stereocenters. The molecule has 0 fully saturated rings. The van der Waals surface area contributed by atoms with Crippen LogP contribution in [-0.4, -0.2) is 7.05 Å². The Morgan fingerprint density at radius 2 is 1.90 bits per heavy atom. The van der Waals surface area contributed by atoms with E-state index in [2.05, 4.69) is 52.4 Å². The third-order valence-electron chi connectivity index (χ3n) is 3.34. The maximum absolute atomic E-state index is 5.87. The summed E-state index contributed by atoms with van der Waals surface area (Å²) >= 11 is 3.43. The molecule has 20 heavy (non-hydrogen) atoms. The Morgan fingerprint density at radius 1 is 1.15 bits per heavy atom. The number of hydrogen-bond donors (Lipinski definition) is 1. The predicted octanol–water partition coefficient (Wildman–Crippen LogP) is 4.70. The van der Waals surface area contributed by atoms with E-state index in [1.807, 2.05) is 31.3 Å². The van der Waals surface area contributed by atoms with Crippen molar-refractivity contribution in [2.45, 2.75) is 26.0 Å². The number of ether oxygens (including phenoxy) is 1. The van der Waals surface area contributed by atoms with Crippen LogP contribution in [0.25, 0.3) is 0 Å². The highest BCUT2D eigenvalue weighted by atomic mass is 79.9. The first-order valence-electron chi connectivity index (χ1n) is 6.87. The minimum Gasteiger partial charge on any atom is -0.489 e. The van der Waals surface area contributed by atoms with Gasteiger partial charge in [-0.1, -0.05) is 47.1 Å². The molecule has 2 rings (SSSR count). The Morgan fingerprint density at radius 3 is 2.55 bits per heavy atom. The van der Waals surface area contributed by atoms with Crippen molar-refractivity contribution < 1.29 is 4.74 Å². The van der Waals surface area contributed by atoms with Gasteiger partial charge in [0, 0.05) is 10.5 Å². The molecule has 0 bridgehead atoms. The van der Waals surface area contributed by atoms with Crippen LogP contribution in [0.5, 0.6) is 5.75 Å². The van der Waals surface area contributed by atoms with Gasteiger partial charge in [-0.15, -0.1) is 0 Å². The van der Waals surface area contributed by atoms with Crippen molar-refractivity contribution in [3.63, 3.8) is 0 Å². The largest absolute Gasteiger partial charge is 0.489 e. The van der Waals surface area contributed by atoms with Gasteiger partial charge in [0.1, 0.15) is 12.4 Å². The third kappa shape index (κ3) is 4.09. The zero-order chi connectivity index (χ0) is 14.4. The molecule has 0 spiro atoms. The van der Waals surface area contributed by atoms with Crippen LogP contribution in [0.15, 0.2) is 53.0 Å². The molecule has 1 atom stereocenters. The van der Waals surface area contributed by atoms with Crippen molar-refractivity contribution in [3.8, 4) is 5.75 Å². The molecule has 2 aromatic rings. The van der Waals surface area contributed by atoms with Crippen molar-refractivity contribution in [2.75, 3.05) is 7.05 Å². The summed E-state index contributed by atoms with van der Waals surface area (Å²) in [6.07, 6.45) is 1.06. The third-order valence-corrected chi connectivity index (χ3v) is 3.86. The number of halogens is 1. The lowest BCUT2D eigenvalue weighted by molar-refractivity contribution is 0.305. The number of benzene rings is 2. The highest BCUT2D eigenvalue weighted by molar-refractivity contribution is 9.10. The zero-order valence-corrected chi connectivity index (χ0v) is 13.5. The Bertz CT molecular complexity index is 535. The van der Waals surface area contributed by atoms with Gasteiger partial charge in [-0.25, -0.2) is 0 Å². The first kappa shape index (κ1) is 15.1. The summed E-state index contributed by atoms with van der Waals surface area (Å²) in [6, 6.07) is 16.9. The van der Waals surface area contributed by atoms with E-state index in [0.717, 1.165) is 16.6 Å². The normalized spacial score (nSPS) is 12.2. The molecule has 2 nitrogen and oxygen atoms in total. The average Bonchev–Trinajstić information content (AvgIpc) is 2.48. The Hall–Kier alpha value is -1.32. The summed E-state index contributed by atoms with van der Waals surface area (Å²) in [4.78, 5) is 0. The highest BCUT2D eigenvalue weighted by Gasteiger charge is 2.07. The Kier molecular flexibility index (Phi) is 5.62. The molecule has 1 N–H and O–H groups in total. The fraction of sp³-hybridized carbons (Fsp3) is 0.294. The van der Waals surface area contributed by atoms with E-state index < -0.39 is 0 Å². The maximum Gasteiger partial charge on any atom is 0.120 e. The van der Waals surface area contributed by atoms with Gasteiger partial charge in [-0.05, 0) is 48.9 Å². The van der Waals surface area contributed by atoms with Crippen molar-refractivity contribution >= 4 is 15.9 Å². The standard InChI is InChI=1S/C17H20BrNO/c1-3-17(19-2)14-5-4-6-16(11-14)20-12-13-7-9-15(18)10-8-13/h4-11,17,19H,3,12H2,1-2H3. The molecule has 0 radical (unpaired) electrons. The summed E-state index contributed by atoms with van der Waals surface area (Å²) in [5, 5.41) is 3.31.